The molecule has 6 heteroatoms. The lowest BCUT2D eigenvalue weighted by atomic mass is 10.0. The lowest BCUT2D eigenvalue weighted by Crippen LogP contribution is -2.45. The third-order valence-corrected chi connectivity index (χ3v) is 2.75. The van der Waals surface area contributed by atoms with E-state index in [1.54, 1.807) is 13.8 Å². The molecule has 1 aliphatic rings. The molecule has 0 radical (unpaired) electrons. The fourth-order valence-corrected chi connectivity index (χ4v) is 1.61. The quantitative estimate of drug-likeness (QED) is 0.609. The zero-order chi connectivity index (χ0) is 13.7. The molecule has 102 valence electrons. The molecule has 0 saturated heterocycles. The van der Waals surface area contributed by atoms with Gasteiger partial charge < -0.3 is 15.7 Å². The minimum Gasteiger partial charge on any atom is -0.481 e. The van der Waals surface area contributed by atoms with Gasteiger partial charge in [0.1, 0.15) is 6.04 Å². The average Bonchev–Trinajstić information content (AvgIpc) is 2.99. The Labute approximate surface area is 106 Å². The van der Waals surface area contributed by atoms with E-state index in [0.717, 1.165) is 12.8 Å². The van der Waals surface area contributed by atoms with Crippen molar-refractivity contribution in [3.63, 3.8) is 0 Å². The van der Waals surface area contributed by atoms with Crippen LogP contribution < -0.4 is 10.6 Å². The van der Waals surface area contributed by atoms with Crippen LogP contribution in [0, 0.1) is 5.92 Å². The third kappa shape index (κ3) is 5.65. The van der Waals surface area contributed by atoms with Crippen molar-refractivity contribution in [1.29, 1.82) is 0 Å². The Hall–Kier alpha value is -1.59. The molecule has 0 aromatic rings. The molecule has 18 heavy (non-hydrogen) atoms. The van der Waals surface area contributed by atoms with E-state index in [1.807, 2.05) is 0 Å². The lowest BCUT2D eigenvalue weighted by molar-refractivity contribution is -0.138. The van der Waals surface area contributed by atoms with E-state index in [-0.39, 0.29) is 36.6 Å². The number of amides is 2. The molecule has 1 rings (SSSR count). The van der Waals surface area contributed by atoms with E-state index in [1.165, 1.54) is 0 Å². The molecule has 1 saturated carbocycles. The monoisotopic (exact) mass is 256 g/mol. The summed E-state index contributed by atoms with van der Waals surface area (Å²) in [6, 6.07) is -0.307. The Morgan fingerprint density at radius 2 is 1.83 bits per heavy atom. The van der Waals surface area contributed by atoms with Crippen molar-refractivity contribution in [3.8, 4) is 0 Å². The fourth-order valence-electron chi connectivity index (χ4n) is 1.61. The van der Waals surface area contributed by atoms with Crippen LogP contribution in [0.4, 0.5) is 0 Å². The second-order valence-corrected chi connectivity index (χ2v) is 4.98. The molecule has 2 atom stereocenters. The van der Waals surface area contributed by atoms with Crippen LogP contribution in [-0.2, 0) is 14.4 Å². The Kier molecular flexibility index (Phi) is 5.12. The van der Waals surface area contributed by atoms with Crippen molar-refractivity contribution in [2.45, 2.75) is 51.6 Å². The second kappa shape index (κ2) is 6.37. The first-order valence-electron chi connectivity index (χ1n) is 6.20. The normalized spacial score (nSPS) is 17.7. The largest absolute Gasteiger partial charge is 0.481 e. The summed E-state index contributed by atoms with van der Waals surface area (Å²) in [6.45, 7) is 3.32. The highest BCUT2D eigenvalue weighted by molar-refractivity contribution is 5.87. The second-order valence-electron chi connectivity index (χ2n) is 4.98. The summed E-state index contributed by atoms with van der Waals surface area (Å²) in [7, 11) is 0. The maximum absolute atomic E-state index is 11.6. The number of hydrogen-bond donors (Lipinski definition) is 3. The number of carbonyl (C=O) groups excluding carboxylic acids is 2. The van der Waals surface area contributed by atoms with Crippen molar-refractivity contribution in [3.05, 3.63) is 0 Å². The van der Waals surface area contributed by atoms with Gasteiger partial charge in [0.05, 0.1) is 0 Å². The lowest BCUT2D eigenvalue weighted by Gasteiger charge is -2.15. The van der Waals surface area contributed by atoms with E-state index in [2.05, 4.69) is 10.6 Å². The molecule has 0 aliphatic heterocycles. The van der Waals surface area contributed by atoms with Gasteiger partial charge in [-0.3, -0.25) is 14.4 Å². The number of carboxylic acid groups (broad SMARTS) is 1. The first-order valence-corrected chi connectivity index (χ1v) is 6.20. The van der Waals surface area contributed by atoms with Gasteiger partial charge in [0.15, 0.2) is 0 Å². The number of carboxylic acids is 1. The number of hydrogen-bond acceptors (Lipinski definition) is 3. The molecule has 3 N–H and O–H groups in total. The standard InChI is InChI=1S/C12H20N2O4/c1-7(6-11(16)17)5-10(15)13-8(2)12(18)14-9-3-4-9/h7-9H,3-6H2,1-2H3,(H,13,15)(H,14,18)(H,16,17). The Balaban J connectivity index is 2.25. The zero-order valence-corrected chi connectivity index (χ0v) is 10.7. The molecular formula is C12H20N2O4. The number of nitrogens with one attached hydrogen (secondary N) is 2. The highest BCUT2D eigenvalue weighted by atomic mass is 16.4. The van der Waals surface area contributed by atoms with Gasteiger partial charge in [-0.15, -0.1) is 0 Å². The summed E-state index contributed by atoms with van der Waals surface area (Å²) in [4.78, 5) is 33.6. The van der Waals surface area contributed by atoms with E-state index >= 15 is 0 Å². The van der Waals surface area contributed by atoms with Crippen molar-refractivity contribution in [2.24, 2.45) is 5.92 Å². The molecule has 1 aliphatic carbocycles. The van der Waals surface area contributed by atoms with Crippen LogP contribution in [0.15, 0.2) is 0 Å². The highest BCUT2D eigenvalue weighted by Crippen LogP contribution is 2.18. The molecule has 0 bridgehead atoms. The van der Waals surface area contributed by atoms with E-state index in [0.29, 0.717) is 0 Å². The van der Waals surface area contributed by atoms with Crippen molar-refractivity contribution < 1.29 is 19.5 Å². The van der Waals surface area contributed by atoms with E-state index in [4.69, 9.17) is 5.11 Å². The van der Waals surface area contributed by atoms with Gasteiger partial charge in [-0.1, -0.05) is 6.92 Å². The Morgan fingerprint density at radius 3 is 2.33 bits per heavy atom. The Morgan fingerprint density at radius 1 is 1.22 bits per heavy atom. The minimum atomic E-state index is -0.921. The van der Waals surface area contributed by atoms with Crippen molar-refractivity contribution >= 4 is 17.8 Å². The molecule has 0 heterocycles. The summed E-state index contributed by atoms with van der Waals surface area (Å²) < 4.78 is 0. The van der Waals surface area contributed by atoms with Gasteiger partial charge in [-0.2, -0.15) is 0 Å². The topological polar surface area (TPSA) is 95.5 Å². The van der Waals surface area contributed by atoms with Crippen LogP contribution in [0.25, 0.3) is 0 Å². The molecule has 6 nitrogen and oxygen atoms in total. The summed E-state index contributed by atoms with van der Waals surface area (Å²) >= 11 is 0. The van der Waals surface area contributed by atoms with Gasteiger partial charge in [0.25, 0.3) is 0 Å². The SMILES string of the molecule is CC(CC(=O)O)CC(=O)NC(C)C(=O)NC1CC1. The summed E-state index contributed by atoms with van der Waals surface area (Å²) in [5, 5.41) is 13.9. The molecule has 0 aromatic heterocycles. The van der Waals surface area contributed by atoms with E-state index in [9.17, 15) is 14.4 Å². The van der Waals surface area contributed by atoms with Crippen LogP contribution in [0.2, 0.25) is 0 Å². The van der Waals surface area contributed by atoms with Crippen LogP contribution >= 0.6 is 0 Å². The number of aliphatic carboxylic acids is 1. The maximum atomic E-state index is 11.6. The number of rotatable bonds is 7. The summed E-state index contributed by atoms with van der Waals surface area (Å²) in [6.07, 6.45) is 2.08. The highest BCUT2D eigenvalue weighted by Gasteiger charge is 2.26. The first-order chi connectivity index (χ1) is 8.38. The van der Waals surface area contributed by atoms with Gasteiger partial charge in [0, 0.05) is 18.9 Å². The molecule has 2 unspecified atom stereocenters. The van der Waals surface area contributed by atoms with Crippen molar-refractivity contribution in [2.75, 3.05) is 0 Å². The summed E-state index contributed by atoms with van der Waals surface area (Å²) in [5.74, 6) is -1.63. The predicted octanol–water partition coefficient (Wildman–Crippen LogP) is 0.271. The minimum absolute atomic E-state index is 0.0456. The van der Waals surface area contributed by atoms with Gasteiger partial charge >= 0.3 is 5.97 Å². The van der Waals surface area contributed by atoms with Gasteiger partial charge in [-0.05, 0) is 25.7 Å². The molecule has 2 amide bonds. The maximum Gasteiger partial charge on any atom is 0.303 e. The molecule has 0 spiro atoms. The molecular weight excluding hydrogens is 236 g/mol. The summed E-state index contributed by atoms with van der Waals surface area (Å²) in [5.41, 5.74) is 0. The Bertz CT molecular complexity index is 339. The van der Waals surface area contributed by atoms with Crippen LogP contribution in [0.3, 0.4) is 0 Å². The van der Waals surface area contributed by atoms with Crippen LogP contribution in [0.1, 0.15) is 39.5 Å². The predicted molar refractivity (Wildman–Crippen MR) is 64.8 cm³/mol. The van der Waals surface area contributed by atoms with Crippen LogP contribution in [-0.4, -0.2) is 35.0 Å². The smallest absolute Gasteiger partial charge is 0.303 e. The first kappa shape index (κ1) is 14.5. The van der Waals surface area contributed by atoms with E-state index < -0.39 is 12.0 Å². The molecule has 1 fully saturated rings. The van der Waals surface area contributed by atoms with Crippen LogP contribution in [0.5, 0.6) is 0 Å². The van der Waals surface area contributed by atoms with Crippen molar-refractivity contribution in [1.82, 2.24) is 10.6 Å². The average molecular weight is 256 g/mol. The molecule has 0 aromatic carbocycles. The van der Waals surface area contributed by atoms with Gasteiger partial charge in [-0.25, -0.2) is 0 Å². The zero-order valence-electron chi connectivity index (χ0n) is 10.7. The fraction of sp³-hybridized carbons (Fsp3) is 0.750. The van der Waals surface area contributed by atoms with Gasteiger partial charge in [0.2, 0.25) is 11.8 Å². The third-order valence-electron chi connectivity index (χ3n) is 2.75. The number of carbonyl (C=O) groups is 3.